The molecular weight excluding hydrogens is 272 g/mol. The Bertz CT molecular complexity index is 483. The standard InChI is InChI=1S/C19H28N2O/c20-18-8-6-15(7-9-18)14-16-10-12-21(13-11-16)19(22)17-4-2-1-3-5-17/h6-9,16-17H,1-5,10-14,20H2. The first kappa shape index (κ1) is 15.4. The highest BCUT2D eigenvalue weighted by Gasteiger charge is 2.29. The molecule has 0 atom stereocenters. The molecule has 1 heterocycles. The van der Waals surface area contributed by atoms with Crippen LogP contribution in [0.15, 0.2) is 24.3 Å². The average Bonchev–Trinajstić information content (AvgIpc) is 2.58. The van der Waals surface area contributed by atoms with E-state index in [0.29, 0.717) is 17.7 Å². The molecule has 2 aliphatic rings. The van der Waals surface area contributed by atoms with Crippen molar-refractivity contribution in [3.05, 3.63) is 29.8 Å². The quantitative estimate of drug-likeness (QED) is 0.866. The summed E-state index contributed by atoms with van der Waals surface area (Å²) in [6, 6.07) is 8.23. The van der Waals surface area contributed by atoms with Gasteiger partial charge in [-0.2, -0.15) is 0 Å². The molecule has 0 unspecified atom stereocenters. The second-order valence-electron chi connectivity index (χ2n) is 7.05. The highest BCUT2D eigenvalue weighted by atomic mass is 16.2. The second kappa shape index (κ2) is 7.17. The molecule has 1 saturated heterocycles. The number of hydrogen-bond acceptors (Lipinski definition) is 2. The van der Waals surface area contributed by atoms with Crippen molar-refractivity contribution < 1.29 is 4.79 Å². The summed E-state index contributed by atoms with van der Waals surface area (Å²) >= 11 is 0. The van der Waals surface area contributed by atoms with Gasteiger partial charge in [0.15, 0.2) is 0 Å². The van der Waals surface area contributed by atoms with Gasteiger partial charge in [-0.1, -0.05) is 31.4 Å². The van der Waals surface area contributed by atoms with Gasteiger partial charge in [0, 0.05) is 24.7 Å². The van der Waals surface area contributed by atoms with E-state index < -0.39 is 0 Å². The van der Waals surface area contributed by atoms with Crippen molar-refractivity contribution in [2.24, 2.45) is 11.8 Å². The summed E-state index contributed by atoms with van der Waals surface area (Å²) in [6.07, 6.45) is 9.42. The third-order valence-corrected chi connectivity index (χ3v) is 5.38. The van der Waals surface area contributed by atoms with E-state index in [1.54, 1.807) is 0 Å². The number of piperidine rings is 1. The molecule has 1 aromatic rings. The van der Waals surface area contributed by atoms with E-state index in [1.807, 2.05) is 12.1 Å². The zero-order chi connectivity index (χ0) is 15.4. The molecule has 1 aliphatic heterocycles. The molecule has 1 saturated carbocycles. The van der Waals surface area contributed by atoms with Crippen LogP contribution in [0.25, 0.3) is 0 Å². The fraction of sp³-hybridized carbons (Fsp3) is 0.632. The number of carbonyl (C=O) groups excluding carboxylic acids is 1. The van der Waals surface area contributed by atoms with Crippen LogP contribution in [0.1, 0.15) is 50.5 Å². The Hall–Kier alpha value is -1.51. The summed E-state index contributed by atoms with van der Waals surface area (Å²) in [4.78, 5) is 14.7. The molecule has 3 rings (SSSR count). The van der Waals surface area contributed by atoms with Crippen LogP contribution >= 0.6 is 0 Å². The van der Waals surface area contributed by atoms with E-state index in [-0.39, 0.29) is 0 Å². The maximum atomic E-state index is 12.6. The summed E-state index contributed by atoms with van der Waals surface area (Å²) in [5.41, 5.74) is 7.94. The smallest absolute Gasteiger partial charge is 0.225 e. The number of hydrogen-bond donors (Lipinski definition) is 1. The van der Waals surface area contributed by atoms with Gasteiger partial charge in [0.2, 0.25) is 5.91 Å². The van der Waals surface area contributed by atoms with Gasteiger partial charge in [0.1, 0.15) is 0 Å². The number of nitrogens with two attached hydrogens (primary N) is 1. The van der Waals surface area contributed by atoms with Gasteiger partial charge in [-0.3, -0.25) is 4.79 Å². The zero-order valence-electron chi connectivity index (χ0n) is 13.5. The minimum atomic E-state index is 0.322. The van der Waals surface area contributed by atoms with Gasteiger partial charge in [-0.25, -0.2) is 0 Å². The number of amides is 1. The van der Waals surface area contributed by atoms with Gasteiger partial charge in [0.25, 0.3) is 0 Å². The molecular formula is C19H28N2O. The molecule has 0 radical (unpaired) electrons. The lowest BCUT2D eigenvalue weighted by atomic mass is 9.86. The van der Waals surface area contributed by atoms with Crippen molar-refractivity contribution in [2.75, 3.05) is 18.8 Å². The number of nitrogens with zero attached hydrogens (tertiary/aromatic N) is 1. The van der Waals surface area contributed by atoms with Crippen molar-refractivity contribution >= 4 is 11.6 Å². The van der Waals surface area contributed by atoms with E-state index in [4.69, 9.17) is 5.73 Å². The molecule has 2 fully saturated rings. The fourth-order valence-electron chi connectivity index (χ4n) is 3.95. The lowest BCUT2D eigenvalue weighted by molar-refractivity contribution is -0.138. The van der Waals surface area contributed by atoms with Crippen molar-refractivity contribution in [3.8, 4) is 0 Å². The molecule has 1 aromatic carbocycles. The lowest BCUT2D eigenvalue weighted by Gasteiger charge is -2.35. The molecule has 2 N–H and O–H groups in total. The fourth-order valence-corrected chi connectivity index (χ4v) is 3.95. The molecule has 0 bridgehead atoms. The number of nitrogen functional groups attached to an aromatic ring is 1. The van der Waals surface area contributed by atoms with E-state index >= 15 is 0 Å². The number of rotatable bonds is 3. The number of benzene rings is 1. The normalized spacial score (nSPS) is 21.0. The SMILES string of the molecule is Nc1ccc(CC2CCN(C(=O)C3CCCCC3)CC2)cc1. The zero-order valence-corrected chi connectivity index (χ0v) is 13.5. The van der Waals surface area contributed by atoms with E-state index in [2.05, 4.69) is 17.0 Å². The Kier molecular flexibility index (Phi) is 5.01. The minimum Gasteiger partial charge on any atom is -0.399 e. The predicted molar refractivity (Wildman–Crippen MR) is 90.4 cm³/mol. The van der Waals surface area contributed by atoms with Gasteiger partial charge >= 0.3 is 0 Å². The van der Waals surface area contributed by atoms with Crippen molar-refractivity contribution in [2.45, 2.75) is 51.4 Å². The Labute approximate surface area is 133 Å². The van der Waals surface area contributed by atoms with Crippen LogP contribution in [-0.4, -0.2) is 23.9 Å². The molecule has 120 valence electrons. The third kappa shape index (κ3) is 3.82. The average molecular weight is 300 g/mol. The van der Waals surface area contributed by atoms with Gasteiger partial charge in [-0.05, 0) is 55.7 Å². The summed E-state index contributed by atoms with van der Waals surface area (Å²) in [7, 11) is 0. The first-order chi connectivity index (χ1) is 10.7. The summed E-state index contributed by atoms with van der Waals surface area (Å²) in [5.74, 6) is 1.46. The van der Waals surface area contributed by atoms with Crippen LogP contribution in [0.3, 0.4) is 0 Å². The first-order valence-corrected chi connectivity index (χ1v) is 8.85. The summed E-state index contributed by atoms with van der Waals surface area (Å²) < 4.78 is 0. The van der Waals surface area contributed by atoms with Gasteiger partial charge in [-0.15, -0.1) is 0 Å². The first-order valence-electron chi connectivity index (χ1n) is 8.85. The Morgan fingerprint density at radius 2 is 1.64 bits per heavy atom. The number of carbonyl (C=O) groups is 1. The summed E-state index contributed by atoms with van der Waals surface area (Å²) in [5, 5.41) is 0. The van der Waals surface area contributed by atoms with Gasteiger partial charge in [0.05, 0.1) is 0 Å². The Morgan fingerprint density at radius 3 is 2.27 bits per heavy atom. The summed E-state index contributed by atoms with van der Waals surface area (Å²) in [6.45, 7) is 1.91. The number of anilines is 1. The Morgan fingerprint density at radius 1 is 1.00 bits per heavy atom. The van der Waals surface area contributed by atoms with Crippen LogP contribution < -0.4 is 5.73 Å². The monoisotopic (exact) mass is 300 g/mol. The highest BCUT2D eigenvalue weighted by molar-refractivity contribution is 5.79. The van der Waals surface area contributed by atoms with Crippen LogP contribution in [-0.2, 0) is 11.2 Å². The van der Waals surface area contributed by atoms with Crippen LogP contribution in [0.5, 0.6) is 0 Å². The molecule has 22 heavy (non-hydrogen) atoms. The van der Waals surface area contributed by atoms with Crippen LogP contribution in [0.2, 0.25) is 0 Å². The molecule has 1 aliphatic carbocycles. The van der Waals surface area contributed by atoms with Crippen molar-refractivity contribution in [1.29, 1.82) is 0 Å². The largest absolute Gasteiger partial charge is 0.399 e. The van der Waals surface area contributed by atoms with E-state index in [9.17, 15) is 4.79 Å². The van der Waals surface area contributed by atoms with Crippen LogP contribution in [0, 0.1) is 11.8 Å². The molecule has 1 amide bonds. The number of likely N-dealkylation sites (tertiary alicyclic amines) is 1. The third-order valence-electron chi connectivity index (χ3n) is 5.38. The molecule has 0 aromatic heterocycles. The van der Waals surface area contributed by atoms with Crippen LogP contribution in [0.4, 0.5) is 5.69 Å². The maximum Gasteiger partial charge on any atom is 0.225 e. The van der Waals surface area contributed by atoms with Crippen molar-refractivity contribution in [3.63, 3.8) is 0 Å². The molecule has 3 nitrogen and oxygen atoms in total. The predicted octanol–water partition coefficient (Wildman–Crippen LogP) is 3.63. The highest BCUT2D eigenvalue weighted by Crippen LogP contribution is 2.28. The second-order valence-corrected chi connectivity index (χ2v) is 7.05. The molecule has 3 heteroatoms. The lowest BCUT2D eigenvalue weighted by Crippen LogP contribution is -2.42. The molecule has 0 spiro atoms. The van der Waals surface area contributed by atoms with E-state index in [0.717, 1.165) is 50.9 Å². The van der Waals surface area contributed by atoms with E-state index in [1.165, 1.54) is 24.8 Å². The Balaban J connectivity index is 1.47. The van der Waals surface area contributed by atoms with Gasteiger partial charge < -0.3 is 10.6 Å². The maximum absolute atomic E-state index is 12.6. The van der Waals surface area contributed by atoms with Crippen molar-refractivity contribution in [1.82, 2.24) is 4.90 Å². The minimum absolute atomic E-state index is 0.322. The topological polar surface area (TPSA) is 46.3 Å².